The molecule has 2 aliphatic heterocycles. The van der Waals surface area contributed by atoms with Crippen molar-refractivity contribution in [1.29, 1.82) is 0 Å². The lowest BCUT2D eigenvalue weighted by Crippen LogP contribution is -2.43. The molecule has 8 heteroatoms. The molecule has 0 aromatic carbocycles. The monoisotopic (exact) mass is 423 g/mol. The van der Waals surface area contributed by atoms with Crippen molar-refractivity contribution >= 4 is 23.4 Å². The van der Waals surface area contributed by atoms with Crippen LogP contribution < -0.4 is 15.0 Å². The Morgan fingerprint density at radius 3 is 2.61 bits per heavy atom. The summed E-state index contributed by atoms with van der Waals surface area (Å²) in [5, 5.41) is 3.26. The van der Waals surface area contributed by atoms with E-state index in [2.05, 4.69) is 29.1 Å². The van der Waals surface area contributed by atoms with E-state index in [0.717, 1.165) is 17.1 Å². The molecular weight excluding hydrogens is 394 g/mol. The lowest BCUT2D eigenvalue weighted by atomic mass is 9.91. The summed E-state index contributed by atoms with van der Waals surface area (Å²) in [6.45, 7) is 12.5. The second-order valence-corrected chi connectivity index (χ2v) is 9.63. The fourth-order valence-electron chi connectivity index (χ4n) is 3.96. The van der Waals surface area contributed by atoms with Crippen LogP contribution in [0.3, 0.4) is 0 Å². The van der Waals surface area contributed by atoms with Crippen LogP contribution in [0.15, 0.2) is 30.6 Å². The van der Waals surface area contributed by atoms with E-state index in [1.165, 1.54) is 4.90 Å². The van der Waals surface area contributed by atoms with Crippen LogP contribution in [0.25, 0.3) is 0 Å². The summed E-state index contributed by atoms with van der Waals surface area (Å²) in [6, 6.07) is 5.37. The molecule has 2 aromatic rings. The van der Waals surface area contributed by atoms with E-state index in [-0.39, 0.29) is 23.4 Å². The number of ether oxygens (including phenoxy) is 1. The van der Waals surface area contributed by atoms with Gasteiger partial charge in [-0.05, 0) is 45.4 Å². The quantitative estimate of drug-likeness (QED) is 0.738. The van der Waals surface area contributed by atoms with Gasteiger partial charge in [0.1, 0.15) is 17.1 Å². The van der Waals surface area contributed by atoms with Crippen molar-refractivity contribution in [2.24, 2.45) is 0 Å². The number of urea groups is 1. The maximum absolute atomic E-state index is 13.4. The highest BCUT2D eigenvalue weighted by molar-refractivity contribution is 6.22. The van der Waals surface area contributed by atoms with Gasteiger partial charge in [-0.2, -0.15) is 0 Å². The maximum atomic E-state index is 13.4. The molecular formula is C23H29N5O3. The summed E-state index contributed by atoms with van der Waals surface area (Å²) in [5.41, 5.74) is 0.977. The number of aromatic nitrogens is 2. The van der Waals surface area contributed by atoms with E-state index in [0.29, 0.717) is 24.6 Å². The van der Waals surface area contributed by atoms with Crippen LogP contribution in [0.5, 0.6) is 5.75 Å². The average Bonchev–Trinajstić information content (AvgIpc) is 3.07. The van der Waals surface area contributed by atoms with Gasteiger partial charge in [-0.15, -0.1) is 0 Å². The van der Waals surface area contributed by atoms with Crippen molar-refractivity contribution in [2.45, 2.75) is 65.1 Å². The minimum Gasteiger partial charge on any atom is -0.491 e. The van der Waals surface area contributed by atoms with Gasteiger partial charge in [-0.25, -0.2) is 14.7 Å². The van der Waals surface area contributed by atoms with Gasteiger partial charge in [0, 0.05) is 30.3 Å². The number of carbonyl (C=O) groups excluding carboxylic acids is 2. The maximum Gasteiger partial charge on any atom is 0.332 e. The number of nitrogens with one attached hydrogen (secondary N) is 1. The van der Waals surface area contributed by atoms with Crippen molar-refractivity contribution in [3.8, 4) is 5.75 Å². The lowest BCUT2D eigenvalue weighted by Gasteiger charge is -2.27. The number of rotatable bonds is 5. The van der Waals surface area contributed by atoms with Gasteiger partial charge in [0.2, 0.25) is 0 Å². The van der Waals surface area contributed by atoms with E-state index in [4.69, 9.17) is 4.74 Å². The molecule has 0 bridgehead atoms. The highest BCUT2D eigenvalue weighted by Crippen LogP contribution is 2.40. The largest absolute Gasteiger partial charge is 0.491 e. The summed E-state index contributed by atoms with van der Waals surface area (Å²) < 4.78 is 5.76. The standard InChI is InChI=1S/C23H29N5O3/c1-14(2)26-18-9-15(7-8-24-18)12-27-21(30)28(20(29)23(27,5)6)16-10-17-19(25-11-16)22(3,4)13-31-17/h7-11,14H,12-13H2,1-6H3,(H,24,26). The molecule has 0 radical (unpaired) electrons. The summed E-state index contributed by atoms with van der Waals surface area (Å²) in [6.07, 6.45) is 3.29. The van der Waals surface area contributed by atoms with Crippen molar-refractivity contribution in [2.75, 3.05) is 16.8 Å². The van der Waals surface area contributed by atoms with Crippen LogP contribution in [-0.2, 0) is 16.8 Å². The fraction of sp³-hybridized carbons (Fsp3) is 0.478. The third-order valence-corrected chi connectivity index (χ3v) is 5.75. The molecule has 164 valence electrons. The fourth-order valence-corrected chi connectivity index (χ4v) is 3.96. The lowest BCUT2D eigenvalue weighted by molar-refractivity contribution is -0.123. The van der Waals surface area contributed by atoms with E-state index >= 15 is 0 Å². The molecule has 1 N–H and O–H groups in total. The molecule has 0 aliphatic carbocycles. The molecule has 2 aromatic heterocycles. The molecule has 1 fully saturated rings. The summed E-state index contributed by atoms with van der Waals surface area (Å²) >= 11 is 0. The van der Waals surface area contributed by atoms with Crippen LogP contribution in [0.2, 0.25) is 0 Å². The van der Waals surface area contributed by atoms with Gasteiger partial charge < -0.3 is 15.0 Å². The average molecular weight is 424 g/mol. The van der Waals surface area contributed by atoms with Gasteiger partial charge in [0.05, 0.1) is 24.2 Å². The number of carbonyl (C=O) groups is 2. The van der Waals surface area contributed by atoms with E-state index in [9.17, 15) is 9.59 Å². The zero-order valence-corrected chi connectivity index (χ0v) is 18.9. The number of nitrogens with zero attached hydrogens (tertiary/aromatic N) is 4. The van der Waals surface area contributed by atoms with Crippen molar-refractivity contribution in [3.63, 3.8) is 0 Å². The smallest absolute Gasteiger partial charge is 0.332 e. The van der Waals surface area contributed by atoms with Gasteiger partial charge in [0.25, 0.3) is 5.91 Å². The third-order valence-electron chi connectivity index (χ3n) is 5.75. The Kier molecular flexibility index (Phi) is 4.91. The highest BCUT2D eigenvalue weighted by atomic mass is 16.5. The molecule has 31 heavy (non-hydrogen) atoms. The molecule has 0 spiro atoms. The Bertz CT molecular complexity index is 1050. The number of fused-ring (bicyclic) bond motifs is 1. The van der Waals surface area contributed by atoms with Crippen LogP contribution >= 0.6 is 0 Å². The molecule has 0 saturated carbocycles. The summed E-state index contributed by atoms with van der Waals surface area (Å²) in [4.78, 5) is 38.2. The minimum atomic E-state index is -0.995. The summed E-state index contributed by atoms with van der Waals surface area (Å²) in [7, 11) is 0. The highest BCUT2D eigenvalue weighted by Gasteiger charge is 2.52. The predicted molar refractivity (Wildman–Crippen MR) is 118 cm³/mol. The van der Waals surface area contributed by atoms with Crippen LogP contribution in [0.4, 0.5) is 16.3 Å². The number of amides is 3. The first-order chi connectivity index (χ1) is 14.5. The zero-order valence-electron chi connectivity index (χ0n) is 18.9. The Morgan fingerprint density at radius 2 is 1.90 bits per heavy atom. The Labute approximate surface area is 182 Å². The first kappa shape index (κ1) is 21.1. The first-order valence-corrected chi connectivity index (χ1v) is 10.5. The van der Waals surface area contributed by atoms with Gasteiger partial charge in [-0.3, -0.25) is 9.78 Å². The molecule has 4 rings (SSSR count). The normalized spacial score (nSPS) is 19.1. The third kappa shape index (κ3) is 3.60. The molecule has 1 saturated heterocycles. The van der Waals surface area contributed by atoms with Gasteiger partial charge in [0.15, 0.2) is 0 Å². The number of hydrogen-bond acceptors (Lipinski definition) is 6. The number of hydrogen-bond donors (Lipinski definition) is 1. The van der Waals surface area contributed by atoms with E-state index in [1.54, 1.807) is 37.2 Å². The Hall–Kier alpha value is -3.16. The van der Waals surface area contributed by atoms with Gasteiger partial charge >= 0.3 is 6.03 Å². The zero-order chi connectivity index (χ0) is 22.6. The Balaban J connectivity index is 1.62. The predicted octanol–water partition coefficient (Wildman–Crippen LogP) is 3.71. The molecule has 8 nitrogen and oxygen atoms in total. The van der Waals surface area contributed by atoms with Crippen molar-refractivity contribution in [1.82, 2.24) is 14.9 Å². The minimum absolute atomic E-state index is 0.193. The Morgan fingerprint density at radius 1 is 1.16 bits per heavy atom. The molecule has 2 aliphatic rings. The van der Waals surface area contributed by atoms with E-state index < -0.39 is 5.54 Å². The van der Waals surface area contributed by atoms with Crippen LogP contribution in [0.1, 0.15) is 52.8 Å². The van der Waals surface area contributed by atoms with Crippen molar-refractivity contribution < 1.29 is 14.3 Å². The second-order valence-electron chi connectivity index (χ2n) is 9.63. The number of pyridine rings is 2. The first-order valence-electron chi connectivity index (χ1n) is 10.5. The second kappa shape index (κ2) is 7.21. The topological polar surface area (TPSA) is 87.7 Å². The number of imide groups is 1. The molecule has 0 unspecified atom stereocenters. The molecule has 4 heterocycles. The molecule has 0 atom stereocenters. The van der Waals surface area contributed by atoms with Crippen LogP contribution in [0, 0.1) is 0 Å². The van der Waals surface area contributed by atoms with Crippen molar-refractivity contribution in [3.05, 3.63) is 41.9 Å². The SMILES string of the molecule is CC(C)Nc1cc(CN2C(=O)N(c3cnc4c(c3)OCC4(C)C)C(=O)C2(C)C)ccn1. The van der Waals surface area contributed by atoms with E-state index in [1.807, 2.05) is 26.0 Å². The molecule has 3 amide bonds. The van der Waals surface area contributed by atoms with Crippen LogP contribution in [-0.4, -0.2) is 45.0 Å². The van der Waals surface area contributed by atoms with Gasteiger partial charge in [-0.1, -0.05) is 13.8 Å². The summed E-state index contributed by atoms with van der Waals surface area (Å²) in [5.74, 6) is 1.08. The number of anilines is 2.